The summed E-state index contributed by atoms with van der Waals surface area (Å²) in [5.74, 6) is -0.382. The van der Waals surface area contributed by atoms with Gasteiger partial charge in [0.25, 0.3) is 0 Å². The molecule has 0 saturated heterocycles. The SMILES string of the molecule is C[C@@H](COc1ccccc1F)NC(=O)Cc1[nH]nc2ccccc12. The van der Waals surface area contributed by atoms with E-state index in [1.165, 1.54) is 6.07 Å². The largest absolute Gasteiger partial charge is 0.488 e. The van der Waals surface area contributed by atoms with Crippen molar-refractivity contribution in [1.29, 1.82) is 0 Å². The smallest absolute Gasteiger partial charge is 0.226 e. The Morgan fingerprint density at radius 3 is 2.83 bits per heavy atom. The highest BCUT2D eigenvalue weighted by Gasteiger charge is 2.13. The molecule has 124 valence electrons. The van der Waals surface area contributed by atoms with E-state index in [4.69, 9.17) is 4.74 Å². The lowest BCUT2D eigenvalue weighted by molar-refractivity contribution is -0.121. The normalized spacial score (nSPS) is 12.1. The van der Waals surface area contributed by atoms with Crippen LogP contribution in [-0.2, 0) is 11.2 Å². The Bertz CT molecular complexity index is 847. The van der Waals surface area contributed by atoms with Crippen molar-refractivity contribution < 1.29 is 13.9 Å². The molecule has 0 aliphatic rings. The van der Waals surface area contributed by atoms with Crippen LogP contribution in [0.1, 0.15) is 12.6 Å². The van der Waals surface area contributed by atoms with Gasteiger partial charge in [-0.2, -0.15) is 5.10 Å². The van der Waals surface area contributed by atoms with Gasteiger partial charge in [-0.25, -0.2) is 4.39 Å². The van der Waals surface area contributed by atoms with Crippen LogP contribution < -0.4 is 10.1 Å². The molecule has 0 spiro atoms. The zero-order chi connectivity index (χ0) is 16.9. The molecule has 1 aromatic heterocycles. The topological polar surface area (TPSA) is 67.0 Å². The standard InChI is InChI=1S/C18H18FN3O2/c1-12(11-24-17-9-5-3-7-14(17)19)20-18(23)10-16-13-6-2-4-8-15(13)21-22-16/h2-9,12H,10-11H2,1H3,(H,20,23)(H,21,22)/t12-/m0/s1. The highest BCUT2D eigenvalue weighted by atomic mass is 19.1. The lowest BCUT2D eigenvalue weighted by Gasteiger charge is -2.15. The molecule has 2 N–H and O–H groups in total. The van der Waals surface area contributed by atoms with E-state index in [1.54, 1.807) is 18.2 Å². The Labute approximate surface area is 138 Å². The van der Waals surface area contributed by atoms with Crippen LogP contribution >= 0.6 is 0 Å². The van der Waals surface area contributed by atoms with Gasteiger partial charge >= 0.3 is 0 Å². The molecule has 0 aliphatic carbocycles. The van der Waals surface area contributed by atoms with Crippen LogP contribution in [-0.4, -0.2) is 28.8 Å². The number of aromatic amines is 1. The van der Waals surface area contributed by atoms with Crippen molar-refractivity contribution >= 4 is 16.8 Å². The number of carbonyl (C=O) groups excluding carboxylic acids is 1. The van der Waals surface area contributed by atoms with Crippen molar-refractivity contribution in [3.63, 3.8) is 0 Å². The first-order chi connectivity index (χ1) is 11.6. The van der Waals surface area contributed by atoms with E-state index in [2.05, 4.69) is 15.5 Å². The van der Waals surface area contributed by atoms with E-state index in [9.17, 15) is 9.18 Å². The summed E-state index contributed by atoms with van der Waals surface area (Å²) in [6, 6.07) is 13.6. The van der Waals surface area contributed by atoms with E-state index in [0.717, 1.165) is 16.6 Å². The number of carbonyl (C=O) groups is 1. The minimum Gasteiger partial charge on any atom is -0.488 e. The minimum absolute atomic E-state index is 0.144. The third-order valence-electron chi connectivity index (χ3n) is 3.61. The molecular weight excluding hydrogens is 309 g/mol. The second-order valence-corrected chi connectivity index (χ2v) is 5.61. The first-order valence-corrected chi connectivity index (χ1v) is 7.72. The number of hydrogen-bond donors (Lipinski definition) is 2. The van der Waals surface area contributed by atoms with Gasteiger partial charge in [-0.1, -0.05) is 30.3 Å². The van der Waals surface area contributed by atoms with Crippen molar-refractivity contribution in [2.45, 2.75) is 19.4 Å². The summed E-state index contributed by atoms with van der Waals surface area (Å²) in [6.45, 7) is 2.00. The number of ether oxygens (including phenoxy) is 1. The average molecular weight is 327 g/mol. The molecule has 0 radical (unpaired) electrons. The molecule has 2 aromatic carbocycles. The van der Waals surface area contributed by atoms with Crippen LogP contribution in [0.4, 0.5) is 4.39 Å². The first kappa shape index (κ1) is 16.0. The molecule has 3 rings (SSSR count). The summed E-state index contributed by atoms with van der Waals surface area (Å²) in [4.78, 5) is 12.2. The lowest BCUT2D eigenvalue weighted by Crippen LogP contribution is -2.37. The Morgan fingerprint density at radius 2 is 2.00 bits per heavy atom. The Balaban J connectivity index is 1.54. The van der Waals surface area contributed by atoms with Crippen LogP contribution in [0.2, 0.25) is 0 Å². The number of hydrogen-bond acceptors (Lipinski definition) is 3. The van der Waals surface area contributed by atoms with Crippen LogP contribution in [0.25, 0.3) is 10.9 Å². The predicted octanol–water partition coefficient (Wildman–Crippen LogP) is 2.83. The van der Waals surface area contributed by atoms with Gasteiger partial charge in [0.2, 0.25) is 5.91 Å². The summed E-state index contributed by atoms with van der Waals surface area (Å²) in [5, 5.41) is 10.8. The molecule has 3 aromatic rings. The van der Waals surface area contributed by atoms with Crippen LogP contribution in [0.3, 0.4) is 0 Å². The number of rotatable bonds is 6. The minimum atomic E-state index is -0.417. The number of amides is 1. The second kappa shape index (κ2) is 7.12. The van der Waals surface area contributed by atoms with Gasteiger partial charge in [-0.05, 0) is 25.1 Å². The number of aromatic nitrogens is 2. The van der Waals surface area contributed by atoms with Gasteiger partial charge in [-0.15, -0.1) is 0 Å². The molecule has 1 heterocycles. The van der Waals surface area contributed by atoms with Crippen molar-refractivity contribution in [3.8, 4) is 5.75 Å². The lowest BCUT2D eigenvalue weighted by atomic mass is 10.1. The van der Waals surface area contributed by atoms with Crippen molar-refractivity contribution in [2.24, 2.45) is 0 Å². The molecule has 0 bridgehead atoms. The fourth-order valence-electron chi connectivity index (χ4n) is 2.45. The summed E-state index contributed by atoms with van der Waals surface area (Å²) in [6.07, 6.45) is 0.199. The van der Waals surface area contributed by atoms with Crippen molar-refractivity contribution in [1.82, 2.24) is 15.5 Å². The van der Waals surface area contributed by atoms with Gasteiger partial charge in [0.15, 0.2) is 11.6 Å². The number of benzene rings is 2. The van der Waals surface area contributed by atoms with E-state index in [0.29, 0.717) is 0 Å². The summed E-state index contributed by atoms with van der Waals surface area (Å²) in [7, 11) is 0. The van der Waals surface area contributed by atoms with Crippen molar-refractivity contribution in [3.05, 3.63) is 60.0 Å². The van der Waals surface area contributed by atoms with Crippen molar-refractivity contribution in [2.75, 3.05) is 6.61 Å². The van der Waals surface area contributed by atoms with Crippen LogP contribution in [0.15, 0.2) is 48.5 Å². The predicted molar refractivity (Wildman–Crippen MR) is 89.3 cm³/mol. The summed E-state index contributed by atoms with van der Waals surface area (Å²) in [5.41, 5.74) is 1.60. The number of nitrogens with zero attached hydrogens (tertiary/aromatic N) is 1. The highest BCUT2D eigenvalue weighted by Crippen LogP contribution is 2.16. The molecule has 0 saturated carbocycles. The maximum absolute atomic E-state index is 13.5. The Hall–Kier alpha value is -2.89. The summed E-state index contributed by atoms with van der Waals surface area (Å²) < 4.78 is 18.9. The van der Waals surface area contributed by atoms with E-state index >= 15 is 0 Å². The maximum atomic E-state index is 13.5. The molecule has 1 amide bonds. The molecular formula is C18H18FN3O2. The van der Waals surface area contributed by atoms with E-state index < -0.39 is 5.82 Å². The first-order valence-electron chi connectivity index (χ1n) is 7.72. The quantitative estimate of drug-likeness (QED) is 0.731. The number of para-hydroxylation sites is 2. The zero-order valence-corrected chi connectivity index (χ0v) is 13.3. The third kappa shape index (κ3) is 3.71. The van der Waals surface area contributed by atoms with Gasteiger partial charge in [0.05, 0.1) is 23.7 Å². The monoisotopic (exact) mass is 327 g/mol. The average Bonchev–Trinajstić information content (AvgIpc) is 2.97. The van der Waals surface area contributed by atoms with Gasteiger partial charge in [-0.3, -0.25) is 9.89 Å². The third-order valence-corrected chi connectivity index (χ3v) is 3.61. The fourth-order valence-corrected chi connectivity index (χ4v) is 2.45. The summed E-state index contributed by atoms with van der Waals surface area (Å²) >= 11 is 0. The number of fused-ring (bicyclic) bond motifs is 1. The molecule has 0 fully saturated rings. The number of H-pyrrole nitrogens is 1. The molecule has 5 nitrogen and oxygen atoms in total. The number of halogens is 1. The Kier molecular flexibility index (Phi) is 4.74. The Morgan fingerprint density at radius 1 is 1.25 bits per heavy atom. The zero-order valence-electron chi connectivity index (χ0n) is 13.3. The second-order valence-electron chi connectivity index (χ2n) is 5.61. The van der Waals surface area contributed by atoms with Gasteiger partial charge in [0, 0.05) is 5.39 Å². The molecule has 24 heavy (non-hydrogen) atoms. The molecule has 6 heteroatoms. The van der Waals surface area contributed by atoms with Crippen LogP contribution in [0, 0.1) is 5.82 Å². The molecule has 0 aliphatic heterocycles. The maximum Gasteiger partial charge on any atom is 0.226 e. The fraction of sp³-hybridized carbons (Fsp3) is 0.222. The molecule has 1 atom stereocenters. The van der Waals surface area contributed by atoms with E-state index in [-0.39, 0.29) is 30.7 Å². The van der Waals surface area contributed by atoms with E-state index in [1.807, 2.05) is 31.2 Å². The highest BCUT2D eigenvalue weighted by molar-refractivity contribution is 5.87. The van der Waals surface area contributed by atoms with Gasteiger partial charge in [0.1, 0.15) is 6.61 Å². The van der Waals surface area contributed by atoms with Crippen LogP contribution in [0.5, 0.6) is 5.75 Å². The van der Waals surface area contributed by atoms with Gasteiger partial charge < -0.3 is 10.1 Å². The number of nitrogens with one attached hydrogen (secondary N) is 2. The molecule has 0 unspecified atom stereocenters.